The fraction of sp³-hybridized carbons (Fsp3) is 0.500. The number of rotatable bonds is 4. The number of hydrogen-bond acceptors (Lipinski definition) is 3. The first kappa shape index (κ1) is 12.6. The fourth-order valence-corrected chi connectivity index (χ4v) is 2.31. The second-order valence-corrected chi connectivity index (χ2v) is 4.96. The van der Waals surface area contributed by atoms with Crippen molar-refractivity contribution in [2.45, 2.75) is 13.0 Å². The van der Waals surface area contributed by atoms with E-state index < -0.39 is 0 Å². The quantitative estimate of drug-likeness (QED) is 0.855. The SMILES string of the molecule is CSCC(C)N(C)C(=O)c1ccoc1Br. The maximum absolute atomic E-state index is 12.0. The van der Waals surface area contributed by atoms with Crippen molar-refractivity contribution < 1.29 is 9.21 Å². The Bertz CT molecular complexity index is 340. The number of thioether (sulfide) groups is 1. The average molecular weight is 292 g/mol. The minimum Gasteiger partial charge on any atom is -0.457 e. The molecule has 15 heavy (non-hydrogen) atoms. The third kappa shape index (κ3) is 3.01. The standard InChI is InChI=1S/C10H14BrNO2S/c1-7(6-15-3)12(2)10(13)8-4-5-14-9(8)11/h4-5,7H,6H2,1-3H3. The molecule has 1 amide bonds. The molecule has 0 N–H and O–H groups in total. The molecule has 0 fully saturated rings. The van der Waals surface area contributed by atoms with E-state index in [-0.39, 0.29) is 11.9 Å². The minimum atomic E-state index is -0.0165. The average Bonchev–Trinajstić information content (AvgIpc) is 2.62. The molecular weight excluding hydrogens is 278 g/mol. The van der Waals surface area contributed by atoms with Gasteiger partial charge in [0.15, 0.2) is 4.67 Å². The highest BCUT2D eigenvalue weighted by molar-refractivity contribution is 9.10. The highest BCUT2D eigenvalue weighted by Gasteiger charge is 2.20. The van der Waals surface area contributed by atoms with Gasteiger partial charge in [0.2, 0.25) is 0 Å². The second kappa shape index (κ2) is 5.61. The predicted octanol–water partition coefficient (Wildman–Crippen LogP) is 2.87. The summed E-state index contributed by atoms with van der Waals surface area (Å²) in [4.78, 5) is 13.7. The molecule has 0 saturated carbocycles. The Morgan fingerprint density at radius 2 is 2.40 bits per heavy atom. The molecule has 1 atom stereocenters. The topological polar surface area (TPSA) is 33.5 Å². The van der Waals surface area contributed by atoms with Crippen LogP contribution < -0.4 is 0 Å². The van der Waals surface area contributed by atoms with Crippen molar-refractivity contribution in [1.29, 1.82) is 0 Å². The van der Waals surface area contributed by atoms with Crippen LogP contribution in [0.5, 0.6) is 0 Å². The number of furan rings is 1. The molecule has 1 rings (SSSR count). The van der Waals surface area contributed by atoms with E-state index in [1.807, 2.05) is 20.2 Å². The van der Waals surface area contributed by atoms with Crippen LogP contribution >= 0.6 is 27.7 Å². The van der Waals surface area contributed by atoms with Gasteiger partial charge >= 0.3 is 0 Å². The molecule has 1 aromatic heterocycles. The van der Waals surface area contributed by atoms with Crippen LogP contribution in [-0.4, -0.2) is 35.9 Å². The van der Waals surface area contributed by atoms with E-state index >= 15 is 0 Å². The Hall–Kier alpha value is -0.420. The molecule has 0 bridgehead atoms. The molecule has 3 nitrogen and oxygen atoms in total. The fourth-order valence-electron chi connectivity index (χ4n) is 1.19. The molecule has 0 aliphatic carbocycles. The Kier molecular flexibility index (Phi) is 4.73. The number of amides is 1. The number of carbonyl (C=O) groups excluding carboxylic acids is 1. The van der Waals surface area contributed by atoms with E-state index in [1.165, 1.54) is 6.26 Å². The molecule has 0 saturated heterocycles. The van der Waals surface area contributed by atoms with Crippen molar-refractivity contribution in [2.75, 3.05) is 19.1 Å². The van der Waals surface area contributed by atoms with Gasteiger partial charge in [-0.2, -0.15) is 11.8 Å². The van der Waals surface area contributed by atoms with Crippen LogP contribution in [0, 0.1) is 0 Å². The summed E-state index contributed by atoms with van der Waals surface area (Å²) in [6, 6.07) is 1.89. The van der Waals surface area contributed by atoms with Crippen LogP contribution in [0.4, 0.5) is 0 Å². The number of carbonyl (C=O) groups is 1. The zero-order valence-corrected chi connectivity index (χ0v) is 11.4. The highest BCUT2D eigenvalue weighted by Crippen LogP contribution is 2.20. The number of halogens is 1. The van der Waals surface area contributed by atoms with Gasteiger partial charge in [0, 0.05) is 18.8 Å². The molecule has 1 unspecified atom stereocenters. The van der Waals surface area contributed by atoms with Gasteiger partial charge in [-0.25, -0.2) is 0 Å². The van der Waals surface area contributed by atoms with Crippen LogP contribution in [0.3, 0.4) is 0 Å². The van der Waals surface area contributed by atoms with Crippen molar-refractivity contribution in [3.63, 3.8) is 0 Å². The van der Waals surface area contributed by atoms with Crippen molar-refractivity contribution in [3.05, 3.63) is 22.6 Å². The van der Waals surface area contributed by atoms with Crippen LogP contribution in [0.1, 0.15) is 17.3 Å². The molecule has 0 radical (unpaired) electrons. The lowest BCUT2D eigenvalue weighted by Crippen LogP contribution is -2.36. The zero-order chi connectivity index (χ0) is 11.4. The van der Waals surface area contributed by atoms with Crippen LogP contribution in [0.15, 0.2) is 21.4 Å². The summed E-state index contributed by atoms with van der Waals surface area (Å²) in [6.07, 6.45) is 3.53. The minimum absolute atomic E-state index is 0.0165. The van der Waals surface area contributed by atoms with E-state index in [9.17, 15) is 4.79 Å². The Morgan fingerprint density at radius 1 is 1.73 bits per heavy atom. The first-order chi connectivity index (χ1) is 7.07. The zero-order valence-electron chi connectivity index (χ0n) is 8.99. The maximum Gasteiger partial charge on any atom is 0.258 e. The van der Waals surface area contributed by atoms with E-state index in [1.54, 1.807) is 22.7 Å². The summed E-state index contributed by atoms with van der Waals surface area (Å²) in [5.41, 5.74) is 0.574. The second-order valence-electron chi connectivity index (χ2n) is 3.33. The van der Waals surface area contributed by atoms with Crippen LogP contribution in [0.2, 0.25) is 0 Å². The third-order valence-electron chi connectivity index (χ3n) is 2.24. The first-order valence-electron chi connectivity index (χ1n) is 4.57. The van der Waals surface area contributed by atoms with Gasteiger partial charge in [-0.1, -0.05) is 0 Å². The van der Waals surface area contributed by atoms with Gasteiger partial charge in [-0.15, -0.1) is 0 Å². The number of hydrogen-bond donors (Lipinski definition) is 0. The summed E-state index contributed by atoms with van der Waals surface area (Å²) in [5.74, 6) is 0.912. The molecular formula is C10H14BrNO2S. The molecule has 5 heteroatoms. The van der Waals surface area contributed by atoms with Crippen LogP contribution in [0.25, 0.3) is 0 Å². The molecule has 1 heterocycles. The van der Waals surface area contributed by atoms with Gasteiger partial charge in [0.1, 0.15) is 0 Å². The van der Waals surface area contributed by atoms with Crippen molar-refractivity contribution in [1.82, 2.24) is 4.90 Å². The van der Waals surface area contributed by atoms with Gasteiger partial charge in [0.05, 0.1) is 11.8 Å². The van der Waals surface area contributed by atoms with Gasteiger partial charge < -0.3 is 9.32 Å². The van der Waals surface area contributed by atoms with Crippen molar-refractivity contribution in [3.8, 4) is 0 Å². The largest absolute Gasteiger partial charge is 0.457 e. The highest BCUT2D eigenvalue weighted by atomic mass is 79.9. The maximum atomic E-state index is 12.0. The lowest BCUT2D eigenvalue weighted by atomic mass is 10.2. The molecule has 0 spiro atoms. The number of nitrogens with zero attached hydrogens (tertiary/aromatic N) is 1. The summed E-state index contributed by atoms with van der Waals surface area (Å²) in [6.45, 7) is 2.03. The molecule has 1 aromatic rings. The Labute approximate surface area is 102 Å². The first-order valence-corrected chi connectivity index (χ1v) is 6.75. The summed E-state index contributed by atoms with van der Waals surface area (Å²) in [5, 5.41) is 0. The Balaban J connectivity index is 2.73. The lowest BCUT2D eigenvalue weighted by molar-refractivity contribution is 0.0755. The van der Waals surface area contributed by atoms with Gasteiger partial charge in [-0.3, -0.25) is 4.79 Å². The molecule has 84 valence electrons. The molecule has 0 aromatic carbocycles. The van der Waals surface area contributed by atoms with Gasteiger partial charge in [0.25, 0.3) is 5.91 Å². The smallest absolute Gasteiger partial charge is 0.258 e. The van der Waals surface area contributed by atoms with Crippen LogP contribution in [-0.2, 0) is 0 Å². The summed E-state index contributed by atoms with van der Waals surface area (Å²) < 4.78 is 5.54. The molecule has 0 aliphatic heterocycles. The van der Waals surface area contributed by atoms with E-state index in [2.05, 4.69) is 15.9 Å². The third-order valence-corrected chi connectivity index (χ3v) is 3.67. The monoisotopic (exact) mass is 291 g/mol. The summed E-state index contributed by atoms with van der Waals surface area (Å²) >= 11 is 4.93. The summed E-state index contributed by atoms with van der Waals surface area (Å²) in [7, 11) is 1.81. The normalized spacial score (nSPS) is 12.5. The van der Waals surface area contributed by atoms with Crippen molar-refractivity contribution in [2.24, 2.45) is 0 Å². The van der Waals surface area contributed by atoms with E-state index in [0.717, 1.165) is 5.75 Å². The van der Waals surface area contributed by atoms with E-state index in [0.29, 0.717) is 10.2 Å². The van der Waals surface area contributed by atoms with Gasteiger partial charge in [-0.05, 0) is 35.2 Å². The Morgan fingerprint density at radius 3 is 2.87 bits per heavy atom. The van der Waals surface area contributed by atoms with E-state index in [4.69, 9.17) is 4.42 Å². The molecule has 0 aliphatic rings. The predicted molar refractivity (Wildman–Crippen MR) is 66.3 cm³/mol. The van der Waals surface area contributed by atoms with Crippen molar-refractivity contribution >= 4 is 33.6 Å². The lowest BCUT2D eigenvalue weighted by Gasteiger charge is -2.23.